The molecule has 14 heavy (non-hydrogen) atoms. The summed E-state index contributed by atoms with van der Waals surface area (Å²) in [6, 6.07) is 0. The van der Waals surface area contributed by atoms with Crippen LogP contribution in [0, 0.1) is 6.92 Å². The van der Waals surface area contributed by atoms with Crippen LogP contribution in [0.4, 0.5) is 0 Å². The summed E-state index contributed by atoms with van der Waals surface area (Å²) in [4.78, 5) is 18.7. The number of methoxy groups -OCH3 is 1. The summed E-state index contributed by atoms with van der Waals surface area (Å²) >= 11 is 0. The Morgan fingerprint density at radius 1 is 1.50 bits per heavy atom. The van der Waals surface area contributed by atoms with Gasteiger partial charge in [0.2, 0.25) is 5.88 Å². The van der Waals surface area contributed by atoms with Crippen LogP contribution in [0.1, 0.15) is 28.8 Å². The molecular weight excluding hydrogens is 184 g/mol. The summed E-state index contributed by atoms with van der Waals surface area (Å²) in [5, 5.41) is 8.90. The van der Waals surface area contributed by atoms with Crippen LogP contribution in [0.5, 0.6) is 5.88 Å². The minimum atomic E-state index is -1.05. The highest BCUT2D eigenvalue weighted by Gasteiger charge is 2.17. The van der Waals surface area contributed by atoms with Crippen molar-refractivity contribution in [2.45, 2.75) is 20.3 Å². The maximum Gasteiger partial charge on any atom is 0.355 e. The molecule has 0 amide bonds. The first-order valence-corrected chi connectivity index (χ1v) is 4.25. The second kappa shape index (κ2) is 4.04. The van der Waals surface area contributed by atoms with Crippen molar-refractivity contribution in [1.82, 2.24) is 9.97 Å². The van der Waals surface area contributed by atoms with E-state index >= 15 is 0 Å². The van der Waals surface area contributed by atoms with Crippen molar-refractivity contribution in [3.8, 4) is 5.88 Å². The summed E-state index contributed by atoms with van der Waals surface area (Å²) in [7, 11) is 1.46. The van der Waals surface area contributed by atoms with Crippen molar-refractivity contribution in [3.05, 3.63) is 17.1 Å². The van der Waals surface area contributed by atoms with Crippen molar-refractivity contribution in [3.63, 3.8) is 0 Å². The number of aromatic nitrogens is 2. The molecule has 0 saturated heterocycles. The molecule has 76 valence electrons. The van der Waals surface area contributed by atoms with Crippen molar-refractivity contribution >= 4 is 5.97 Å². The normalized spacial score (nSPS) is 9.93. The van der Waals surface area contributed by atoms with Gasteiger partial charge in [-0.25, -0.2) is 9.78 Å². The molecule has 0 fully saturated rings. The number of carboxylic acids is 1. The predicted molar refractivity (Wildman–Crippen MR) is 49.7 cm³/mol. The van der Waals surface area contributed by atoms with Crippen molar-refractivity contribution in [1.29, 1.82) is 0 Å². The molecule has 1 heterocycles. The molecule has 1 aromatic rings. The number of hydrogen-bond donors (Lipinski definition) is 1. The van der Waals surface area contributed by atoms with Gasteiger partial charge in [-0.15, -0.1) is 0 Å². The third kappa shape index (κ3) is 1.81. The van der Waals surface area contributed by atoms with E-state index in [1.54, 1.807) is 6.92 Å². The fourth-order valence-electron chi connectivity index (χ4n) is 1.23. The largest absolute Gasteiger partial charge is 0.481 e. The number of carboxylic acid groups (broad SMARTS) is 1. The van der Waals surface area contributed by atoms with E-state index in [0.29, 0.717) is 23.7 Å². The second-order valence-electron chi connectivity index (χ2n) is 2.77. The Hall–Kier alpha value is -1.65. The van der Waals surface area contributed by atoms with Gasteiger partial charge in [-0.3, -0.25) is 0 Å². The predicted octanol–water partition coefficient (Wildman–Crippen LogP) is 1.05. The van der Waals surface area contributed by atoms with Gasteiger partial charge in [-0.2, -0.15) is 4.98 Å². The monoisotopic (exact) mass is 196 g/mol. The zero-order valence-electron chi connectivity index (χ0n) is 8.37. The lowest BCUT2D eigenvalue weighted by atomic mass is 10.1. The van der Waals surface area contributed by atoms with Crippen LogP contribution in [-0.4, -0.2) is 28.2 Å². The molecular formula is C9H12N2O3. The third-order valence-corrected chi connectivity index (χ3v) is 1.83. The molecule has 1 N–H and O–H groups in total. The summed E-state index contributed by atoms with van der Waals surface area (Å²) in [6.07, 6.45) is 0.533. The van der Waals surface area contributed by atoms with Crippen LogP contribution in [-0.2, 0) is 6.42 Å². The van der Waals surface area contributed by atoms with Gasteiger partial charge in [0, 0.05) is 5.56 Å². The molecule has 5 nitrogen and oxygen atoms in total. The average Bonchev–Trinajstić information content (AvgIpc) is 2.16. The second-order valence-corrected chi connectivity index (χ2v) is 2.77. The van der Waals surface area contributed by atoms with Crippen LogP contribution in [0.2, 0.25) is 0 Å². The lowest BCUT2D eigenvalue weighted by Gasteiger charge is -2.08. The Morgan fingerprint density at radius 2 is 2.14 bits per heavy atom. The molecule has 0 aliphatic carbocycles. The Kier molecular flexibility index (Phi) is 3.01. The minimum absolute atomic E-state index is 0.0249. The summed E-state index contributed by atoms with van der Waals surface area (Å²) in [6.45, 7) is 3.47. The maximum atomic E-state index is 10.9. The number of aromatic carboxylic acids is 1. The highest BCUT2D eigenvalue weighted by atomic mass is 16.5. The van der Waals surface area contributed by atoms with Gasteiger partial charge in [0.1, 0.15) is 5.82 Å². The zero-order valence-corrected chi connectivity index (χ0v) is 8.37. The summed E-state index contributed by atoms with van der Waals surface area (Å²) < 4.78 is 4.99. The molecule has 0 unspecified atom stereocenters. The molecule has 0 atom stereocenters. The van der Waals surface area contributed by atoms with Crippen LogP contribution in [0.3, 0.4) is 0 Å². The first-order chi connectivity index (χ1) is 6.60. The van der Waals surface area contributed by atoms with Gasteiger partial charge >= 0.3 is 5.97 Å². The zero-order chi connectivity index (χ0) is 10.7. The van der Waals surface area contributed by atoms with E-state index in [4.69, 9.17) is 9.84 Å². The van der Waals surface area contributed by atoms with Gasteiger partial charge in [0.25, 0.3) is 0 Å². The van der Waals surface area contributed by atoms with E-state index < -0.39 is 5.97 Å². The standard InChI is InChI=1S/C9H12N2O3/c1-4-6-7(9(12)13)10-5(2)11-8(6)14-3/h4H2,1-3H3,(H,12,13). The van der Waals surface area contributed by atoms with Crippen LogP contribution < -0.4 is 4.74 Å². The third-order valence-electron chi connectivity index (χ3n) is 1.83. The number of rotatable bonds is 3. The number of ether oxygens (including phenoxy) is 1. The summed E-state index contributed by atoms with van der Waals surface area (Å²) in [5.41, 5.74) is 0.558. The first kappa shape index (κ1) is 10.4. The molecule has 1 rings (SSSR count). The van der Waals surface area contributed by atoms with Gasteiger partial charge in [0.15, 0.2) is 5.69 Å². The number of aryl methyl sites for hydroxylation is 1. The van der Waals surface area contributed by atoms with Crippen molar-refractivity contribution < 1.29 is 14.6 Å². The van der Waals surface area contributed by atoms with Crippen LogP contribution in [0.15, 0.2) is 0 Å². The smallest absolute Gasteiger partial charge is 0.355 e. The fourth-order valence-corrected chi connectivity index (χ4v) is 1.23. The summed E-state index contributed by atoms with van der Waals surface area (Å²) in [5.74, 6) is -0.306. The van der Waals surface area contributed by atoms with Crippen molar-refractivity contribution in [2.75, 3.05) is 7.11 Å². The Balaban J connectivity index is 3.39. The van der Waals surface area contributed by atoms with E-state index in [0.717, 1.165) is 0 Å². The van der Waals surface area contributed by atoms with Gasteiger partial charge in [-0.1, -0.05) is 6.92 Å². The molecule has 0 aromatic carbocycles. The molecule has 0 bridgehead atoms. The molecule has 0 saturated carbocycles. The number of nitrogens with zero attached hydrogens (tertiary/aromatic N) is 2. The van der Waals surface area contributed by atoms with E-state index in [-0.39, 0.29) is 5.69 Å². The highest BCUT2D eigenvalue weighted by molar-refractivity contribution is 5.87. The number of hydrogen-bond acceptors (Lipinski definition) is 4. The molecule has 1 aromatic heterocycles. The average molecular weight is 196 g/mol. The molecule has 0 aliphatic heterocycles. The lowest BCUT2D eigenvalue weighted by molar-refractivity contribution is 0.0688. The van der Waals surface area contributed by atoms with Gasteiger partial charge < -0.3 is 9.84 Å². The van der Waals surface area contributed by atoms with E-state index in [2.05, 4.69) is 9.97 Å². The first-order valence-electron chi connectivity index (χ1n) is 4.25. The van der Waals surface area contributed by atoms with E-state index in [1.165, 1.54) is 7.11 Å². The SMILES string of the molecule is CCc1c(OC)nc(C)nc1C(=O)O. The van der Waals surface area contributed by atoms with E-state index in [1.807, 2.05) is 6.92 Å². The van der Waals surface area contributed by atoms with E-state index in [9.17, 15) is 4.79 Å². The maximum absolute atomic E-state index is 10.9. The lowest BCUT2D eigenvalue weighted by Crippen LogP contribution is -2.10. The van der Waals surface area contributed by atoms with Gasteiger partial charge in [-0.05, 0) is 13.3 Å². The molecule has 0 aliphatic rings. The quantitative estimate of drug-likeness (QED) is 0.782. The van der Waals surface area contributed by atoms with Crippen molar-refractivity contribution in [2.24, 2.45) is 0 Å². The Labute approximate surface area is 81.8 Å². The minimum Gasteiger partial charge on any atom is -0.481 e. The van der Waals surface area contributed by atoms with Crippen LogP contribution >= 0.6 is 0 Å². The fraction of sp³-hybridized carbons (Fsp3) is 0.444. The van der Waals surface area contributed by atoms with Gasteiger partial charge in [0.05, 0.1) is 7.11 Å². The molecule has 0 radical (unpaired) electrons. The Bertz CT molecular complexity index is 363. The Morgan fingerprint density at radius 3 is 2.57 bits per heavy atom. The topological polar surface area (TPSA) is 72.3 Å². The molecule has 0 spiro atoms. The number of carbonyl (C=O) groups is 1. The molecule has 5 heteroatoms. The highest BCUT2D eigenvalue weighted by Crippen LogP contribution is 2.19. The van der Waals surface area contributed by atoms with Crippen LogP contribution in [0.25, 0.3) is 0 Å².